The molecule has 2 N–H and O–H groups in total. The lowest BCUT2D eigenvalue weighted by Gasteiger charge is -2.07. The van der Waals surface area contributed by atoms with Gasteiger partial charge in [-0.1, -0.05) is 5.21 Å². The van der Waals surface area contributed by atoms with Crippen molar-refractivity contribution >= 4 is 17.7 Å². The van der Waals surface area contributed by atoms with Gasteiger partial charge >= 0.3 is 0 Å². The van der Waals surface area contributed by atoms with Gasteiger partial charge in [0.15, 0.2) is 5.69 Å². The standard InChI is InChI=1S/C11H15N5OS/c1-15-5-3-4-8(15)6-16-9(7-18-2)10(11(12)17)13-14-16/h3-5H,6-7H2,1-2H3,(H2,12,17). The summed E-state index contributed by atoms with van der Waals surface area (Å²) in [6, 6.07) is 3.98. The Morgan fingerprint density at radius 2 is 2.33 bits per heavy atom. The molecule has 0 atom stereocenters. The van der Waals surface area contributed by atoms with Crippen LogP contribution in [0.15, 0.2) is 18.3 Å². The van der Waals surface area contributed by atoms with Crippen LogP contribution in [0.1, 0.15) is 21.9 Å². The summed E-state index contributed by atoms with van der Waals surface area (Å²) in [6.07, 6.45) is 3.93. The van der Waals surface area contributed by atoms with Crippen molar-refractivity contribution in [2.75, 3.05) is 6.26 Å². The van der Waals surface area contributed by atoms with E-state index in [1.165, 1.54) is 0 Å². The molecule has 7 heteroatoms. The van der Waals surface area contributed by atoms with Crippen LogP contribution >= 0.6 is 11.8 Å². The first-order chi connectivity index (χ1) is 8.63. The van der Waals surface area contributed by atoms with Gasteiger partial charge in [0.25, 0.3) is 5.91 Å². The summed E-state index contributed by atoms with van der Waals surface area (Å²) in [5.41, 5.74) is 7.42. The molecule has 0 saturated carbocycles. The first kappa shape index (κ1) is 12.7. The highest BCUT2D eigenvalue weighted by Crippen LogP contribution is 2.14. The van der Waals surface area contributed by atoms with Gasteiger partial charge in [-0.2, -0.15) is 11.8 Å². The van der Waals surface area contributed by atoms with Crippen molar-refractivity contribution in [3.05, 3.63) is 35.4 Å². The highest BCUT2D eigenvalue weighted by Gasteiger charge is 2.17. The Balaban J connectivity index is 2.33. The van der Waals surface area contributed by atoms with Gasteiger partial charge in [-0.15, -0.1) is 5.10 Å². The third kappa shape index (κ3) is 2.40. The molecule has 0 radical (unpaired) electrons. The number of amides is 1. The Labute approximate surface area is 109 Å². The number of hydrogen-bond acceptors (Lipinski definition) is 4. The summed E-state index contributed by atoms with van der Waals surface area (Å²) in [5.74, 6) is 0.132. The predicted octanol–water partition coefficient (Wildman–Crippen LogP) is 0.627. The average molecular weight is 265 g/mol. The molecular weight excluding hydrogens is 250 g/mol. The Morgan fingerprint density at radius 1 is 1.56 bits per heavy atom. The van der Waals surface area contributed by atoms with Crippen LogP contribution in [0.2, 0.25) is 0 Å². The van der Waals surface area contributed by atoms with E-state index in [9.17, 15) is 4.79 Å². The molecule has 1 amide bonds. The van der Waals surface area contributed by atoms with Crippen LogP contribution < -0.4 is 5.73 Å². The fourth-order valence-electron chi connectivity index (χ4n) is 1.74. The summed E-state index contributed by atoms with van der Waals surface area (Å²) in [4.78, 5) is 11.3. The zero-order valence-corrected chi connectivity index (χ0v) is 11.1. The second-order valence-electron chi connectivity index (χ2n) is 3.95. The lowest BCUT2D eigenvalue weighted by molar-refractivity contribution is 0.0995. The van der Waals surface area contributed by atoms with E-state index in [0.29, 0.717) is 12.3 Å². The van der Waals surface area contributed by atoms with Gasteiger partial charge in [-0.25, -0.2) is 4.68 Å². The van der Waals surface area contributed by atoms with Gasteiger partial charge < -0.3 is 10.3 Å². The van der Waals surface area contributed by atoms with Gasteiger partial charge in [-0.3, -0.25) is 4.79 Å². The fraction of sp³-hybridized carbons (Fsp3) is 0.364. The van der Waals surface area contributed by atoms with Gasteiger partial charge in [0, 0.05) is 24.7 Å². The average Bonchev–Trinajstić information content (AvgIpc) is 2.89. The number of rotatable bonds is 5. The molecule has 2 rings (SSSR count). The summed E-state index contributed by atoms with van der Waals surface area (Å²) in [6.45, 7) is 0.583. The molecule has 2 aromatic rings. The van der Waals surface area contributed by atoms with E-state index < -0.39 is 5.91 Å². The molecule has 2 aromatic heterocycles. The minimum Gasteiger partial charge on any atom is -0.364 e. The molecule has 0 aromatic carbocycles. The van der Waals surface area contributed by atoms with Crippen molar-refractivity contribution in [3.8, 4) is 0 Å². The predicted molar refractivity (Wildman–Crippen MR) is 70.3 cm³/mol. The molecule has 0 bridgehead atoms. The monoisotopic (exact) mass is 265 g/mol. The number of primary amides is 1. The number of carbonyl (C=O) groups excluding carboxylic acids is 1. The van der Waals surface area contributed by atoms with Gasteiger partial charge in [0.1, 0.15) is 0 Å². The maximum Gasteiger partial charge on any atom is 0.271 e. The van der Waals surface area contributed by atoms with Crippen molar-refractivity contribution in [2.45, 2.75) is 12.3 Å². The Kier molecular flexibility index (Phi) is 3.71. The maximum absolute atomic E-state index is 11.3. The van der Waals surface area contributed by atoms with Crippen molar-refractivity contribution in [2.24, 2.45) is 12.8 Å². The molecule has 0 saturated heterocycles. The van der Waals surface area contributed by atoms with Crippen LogP contribution in [0.3, 0.4) is 0 Å². The quantitative estimate of drug-likeness (QED) is 0.860. The van der Waals surface area contributed by atoms with Crippen molar-refractivity contribution in [3.63, 3.8) is 0 Å². The third-order valence-corrected chi connectivity index (χ3v) is 3.28. The largest absolute Gasteiger partial charge is 0.364 e. The van der Waals surface area contributed by atoms with Crippen molar-refractivity contribution in [1.82, 2.24) is 19.6 Å². The molecule has 0 aliphatic heterocycles. The van der Waals surface area contributed by atoms with Crippen LogP contribution in [-0.2, 0) is 19.3 Å². The summed E-state index contributed by atoms with van der Waals surface area (Å²) < 4.78 is 3.74. The first-order valence-corrected chi connectivity index (χ1v) is 6.84. The summed E-state index contributed by atoms with van der Waals surface area (Å²) in [7, 11) is 1.97. The molecule has 18 heavy (non-hydrogen) atoms. The second kappa shape index (κ2) is 5.26. The smallest absolute Gasteiger partial charge is 0.271 e. The Hall–Kier alpha value is -1.76. The second-order valence-corrected chi connectivity index (χ2v) is 4.82. The zero-order valence-electron chi connectivity index (χ0n) is 10.3. The van der Waals surface area contributed by atoms with E-state index in [4.69, 9.17) is 5.73 Å². The Bertz CT molecular complexity index is 560. The van der Waals surface area contributed by atoms with E-state index in [0.717, 1.165) is 11.4 Å². The summed E-state index contributed by atoms with van der Waals surface area (Å²) in [5, 5.41) is 7.87. The van der Waals surface area contributed by atoms with E-state index >= 15 is 0 Å². The van der Waals surface area contributed by atoms with Gasteiger partial charge in [-0.05, 0) is 18.4 Å². The number of aromatic nitrogens is 4. The zero-order chi connectivity index (χ0) is 13.1. The molecule has 2 heterocycles. The highest BCUT2D eigenvalue weighted by atomic mass is 32.2. The minimum absolute atomic E-state index is 0.263. The van der Waals surface area contributed by atoms with Crippen LogP contribution in [0.5, 0.6) is 0 Å². The lowest BCUT2D eigenvalue weighted by Crippen LogP contribution is -2.15. The number of nitrogens with zero attached hydrogens (tertiary/aromatic N) is 4. The van der Waals surface area contributed by atoms with E-state index in [1.807, 2.05) is 36.2 Å². The van der Waals surface area contributed by atoms with Gasteiger partial charge in [0.2, 0.25) is 0 Å². The summed E-state index contributed by atoms with van der Waals surface area (Å²) >= 11 is 1.61. The topological polar surface area (TPSA) is 78.7 Å². The highest BCUT2D eigenvalue weighted by molar-refractivity contribution is 7.97. The fourth-order valence-corrected chi connectivity index (χ4v) is 2.30. The normalized spacial score (nSPS) is 10.8. The Morgan fingerprint density at radius 3 is 2.89 bits per heavy atom. The first-order valence-electron chi connectivity index (χ1n) is 5.44. The molecular formula is C11H15N5OS. The number of thioether (sulfide) groups is 1. The third-order valence-electron chi connectivity index (χ3n) is 2.72. The van der Waals surface area contributed by atoms with Crippen LogP contribution in [0.25, 0.3) is 0 Å². The van der Waals surface area contributed by atoms with E-state index in [2.05, 4.69) is 10.3 Å². The lowest BCUT2D eigenvalue weighted by atomic mass is 10.3. The molecule has 96 valence electrons. The minimum atomic E-state index is -0.530. The van der Waals surface area contributed by atoms with Gasteiger partial charge in [0.05, 0.1) is 12.2 Å². The number of hydrogen-bond donors (Lipinski definition) is 1. The van der Waals surface area contributed by atoms with E-state index in [1.54, 1.807) is 16.4 Å². The number of nitrogens with two attached hydrogens (primary N) is 1. The molecule has 0 aliphatic carbocycles. The number of aryl methyl sites for hydroxylation is 1. The SMILES string of the molecule is CSCc1c(C(N)=O)nnn1Cc1cccn1C. The molecule has 0 spiro atoms. The molecule has 0 fully saturated rings. The van der Waals surface area contributed by atoms with Crippen molar-refractivity contribution < 1.29 is 4.79 Å². The van der Waals surface area contributed by atoms with Crippen LogP contribution in [0.4, 0.5) is 0 Å². The molecule has 0 aliphatic rings. The van der Waals surface area contributed by atoms with E-state index in [-0.39, 0.29) is 5.69 Å². The van der Waals surface area contributed by atoms with Crippen molar-refractivity contribution in [1.29, 1.82) is 0 Å². The van der Waals surface area contributed by atoms with Crippen LogP contribution in [0, 0.1) is 0 Å². The molecule has 0 unspecified atom stereocenters. The van der Waals surface area contributed by atoms with Crippen LogP contribution in [-0.4, -0.2) is 31.7 Å². The molecule has 6 nitrogen and oxygen atoms in total. The number of carbonyl (C=O) groups is 1. The maximum atomic E-state index is 11.3.